The molecule has 0 aromatic heterocycles. The van der Waals surface area contributed by atoms with E-state index in [1.165, 1.54) is 11.3 Å². The second kappa shape index (κ2) is 5.74. The molecule has 1 aromatic rings. The number of amides is 1. The summed E-state index contributed by atoms with van der Waals surface area (Å²) in [6.45, 7) is 5.06. The van der Waals surface area contributed by atoms with Gasteiger partial charge in [-0.1, -0.05) is 15.9 Å². The lowest BCUT2D eigenvalue weighted by molar-refractivity contribution is -0.119. The predicted octanol–water partition coefficient (Wildman–Crippen LogP) is 1.80. The van der Waals surface area contributed by atoms with Crippen molar-refractivity contribution in [1.82, 2.24) is 10.2 Å². The molecule has 4 nitrogen and oxygen atoms in total. The standard InChI is InChI=1S/C15H20BrN3O/c1-18-4-6-19(7-5-18)14-3-2-12(16)9-13(14)11-8-15(20)17-10-11/h2-3,9,11H,4-8,10H2,1H3,(H,17,20). The van der Waals surface area contributed by atoms with Gasteiger partial charge in [0.25, 0.3) is 0 Å². The first kappa shape index (κ1) is 13.9. The van der Waals surface area contributed by atoms with Crippen LogP contribution in [0.3, 0.4) is 0 Å². The molecule has 2 fully saturated rings. The lowest BCUT2D eigenvalue weighted by Crippen LogP contribution is -2.44. The number of hydrogen-bond acceptors (Lipinski definition) is 3. The molecular formula is C15H20BrN3O. The number of carbonyl (C=O) groups excluding carboxylic acids is 1. The van der Waals surface area contributed by atoms with E-state index < -0.39 is 0 Å². The number of nitrogens with one attached hydrogen (secondary N) is 1. The zero-order valence-corrected chi connectivity index (χ0v) is 13.3. The minimum atomic E-state index is 0.166. The van der Waals surface area contributed by atoms with Gasteiger partial charge >= 0.3 is 0 Å². The zero-order chi connectivity index (χ0) is 14.1. The minimum Gasteiger partial charge on any atom is -0.369 e. The summed E-state index contributed by atoms with van der Waals surface area (Å²) in [7, 11) is 2.17. The highest BCUT2D eigenvalue weighted by atomic mass is 79.9. The summed E-state index contributed by atoms with van der Waals surface area (Å²) in [5.41, 5.74) is 2.59. The Morgan fingerprint density at radius 3 is 2.65 bits per heavy atom. The third-order valence-corrected chi connectivity index (χ3v) is 4.74. The molecule has 0 radical (unpaired) electrons. The van der Waals surface area contributed by atoms with Crippen LogP contribution in [0, 0.1) is 0 Å². The van der Waals surface area contributed by atoms with Crippen molar-refractivity contribution >= 4 is 27.5 Å². The van der Waals surface area contributed by atoms with Gasteiger partial charge in [-0.15, -0.1) is 0 Å². The number of benzene rings is 1. The summed E-state index contributed by atoms with van der Waals surface area (Å²) in [5.74, 6) is 0.467. The number of nitrogens with zero attached hydrogens (tertiary/aromatic N) is 2. The van der Waals surface area contributed by atoms with Crippen LogP contribution in [0.25, 0.3) is 0 Å². The third-order valence-electron chi connectivity index (χ3n) is 4.25. The lowest BCUT2D eigenvalue weighted by Gasteiger charge is -2.36. The largest absolute Gasteiger partial charge is 0.369 e. The van der Waals surface area contributed by atoms with E-state index in [1.807, 2.05) is 0 Å². The van der Waals surface area contributed by atoms with E-state index in [0.717, 1.165) is 37.2 Å². The van der Waals surface area contributed by atoms with Crippen LogP contribution < -0.4 is 10.2 Å². The van der Waals surface area contributed by atoms with Crippen molar-refractivity contribution in [2.75, 3.05) is 44.7 Å². The number of carbonyl (C=O) groups is 1. The molecule has 0 bridgehead atoms. The highest BCUT2D eigenvalue weighted by molar-refractivity contribution is 9.10. The van der Waals surface area contributed by atoms with E-state index in [-0.39, 0.29) is 5.91 Å². The molecule has 20 heavy (non-hydrogen) atoms. The second-order valence-electron chi connectivity index (χ2n) is 5.70. The van der Waals surface area contributed by atoms with Crippen molar-refractivity contribution in [3.63, 3.8) is 0 Å². The van der Waals surface area contributed by atoms with Crippen LogP contribution in [0.4, 0.5) is 5.69 Å². The van der Waals surface area contributed by atoms with Gasteiger partial charge < -0.3 is 15.1 Å². The number of likely N-dealkylation sites (N-methyl/N-ethyl adjacent to an activating group) is 1. The third kappa shape index (κ3) is 2.83. The van der Waals surface area contributed by atoms with E-state index in [0.29, 0.717) is 12.3 Å². The van der Waals surface area contributed by atoms with Crippen LogP contribution in [-0.4, -0.2) is 50.6 Å². The van der Waals surface area contributed by atoms with Gasteiger partial charge in [-0.3, -0.25) is 4.79 Å². The Morgan fingerprint density at radius 1 is 1.25 bits per heavy atom. The smallest absolute Gasteiger partial charge is 0.220 e. The molecule has 3 rings (SSSR count). The first-order chi connectivity index (χ1) is 9.63. The van der Waals surface area contributed by atoms with Crippen molar-refractivity contribution in [3.8, 4) is 0 Å². The maximum absolute atomic E-state index is 11.5. The van der Waals surface area contributed by atoms with E-state index in [4.69, 9.17) is 0 Å². The van der Waals surface area contributed by atoms with E-state index >= 15 is 0 Å². The van der Waals surface area contributed by atoms with Gasteiger partial charge in [-0.05, 0) is 30.8 Å². The SMILES string of the molecule is CN1CCN(c2ccc(Br)cc2C2CNC(=O)C2)CC1. The Hall–Kier alpha value is -1.07. The van der Waals surface area contributed by atoms with Crippen LogP contribution in [0.5, 0.6) is 0 Å². The van der Waals surface area contributed by atoms with Gasteiger partial charge in [0.2, 0.25) is 5.91 Å². The first-order valence-electron chi connectivity index (χ1n) is 7.13. The van der Waals surface area contributed by atoms with Gasteiger partial charge in [-0.2, -0.15) is 0 Å². The van der Waals surface area contributed by atoms with Gasteiger partial charge in [0.05, 0.1) is 0 Å². The van der Waals surface area contributed by atoms with Crippen molar-refractivity contribution in [1.29, 1.82) is 0 Å². The van der Waals surface area contributed by atoms with Crippen molar-refractivity contribution in [2.24, 2.45) is 0 Å². The average molecular weight is 338 g/mol. The van der Waals surface area contributed by atoms with Crippen molar-refractivity contribution in [3.05, 3.63) is 28.2 Å². The summed E-state index contributed by atoms with van der Waals surface area (Å²) in [6.07, 6.45) is 0.608. The van der Waals surface area contributed by atoms with Crippen LogP contribution >= 0.6 is 15.9 Å². The van der Waals surface area contributed by atoms with E-state index in [9.17, 15) is 4.79 Å². The number of anilines is 1. The Labute approximate surface area is 128 Å². The van der Waals surface area contributed by atoms with Crippen molar-refractivity contribution in [2.45, 2.75) is 12.3 Å². The number of piperazine rings is 1. The molecule has 2 aliphatic rings. The molecule has 1 N–H and O–H groups in total. The average Bonchev–Trinajstić information content (AvgIpc) is 2.86. The number of hydrogen-bond donors (Lipinski definition) is 1. The number of rotatable bonds is 2. The summed E-state index contributed by atoms with van der Waals surface area (Å²) >= 11 is 3.56. The predicted molar refractivity (Wildman–Crippen MR) is 84.2 cm³/mol. The molecule has 0 aliphatic carbocycles. The van der Waals surface area contributed by atoms with Gasteiger partial charge in [0.1, 0.15) is 0 Å². The summed E-state index contributed by atoms with van der Waals surface area (Å²) in [4.78, 5) is 16.3. The molecule has 2 aliphatic heterocycles. The molecule has 0 spiro atoms. The monoisotopic (exact) mass is 337 g/mol. The molecule has 0 saturated carbocycles. The fourth-order valence-corrected chi connectivity index (χ4v) is 3.39. The molecule has 1 amide bonds. The van der Waals surface area contributed by atoms with Crippen LogP contribution in [-0.2, 0) is 4.79 Å². The molecule has 1 aromatic carbocycles. The zero-order valence-electron chi connectivity index (χ0n) is 11.7. The minimum absolute atomic E-state index is 0.166. The van der Waals surface area contributed by atoms with Gasteiger partial charge in [0.15, 0.2) is 0 Å². The quantitative estimate of drug-likeness (QED) is 0.893. The normalized spacial score (nSPS) is 24.0. The van der Waals surface area contributed by atoms with E-state index in [1.54, 1.807) is 0 Å². The van der Waals surface area contributed by atoms with Crippen LogP contribution in [0.1, 0.15) is 17.9 Å². The summed E-state index contributed by atoms with van der Waals surface area (Å²) in [5, 5.41) is 2.94. The molecule has 1 unspecified atom stereocenters. The number of halogens is 1. The van der Waals surface area contributed by atoms with Gasteiger partial charge in [-0.25, -0.2) is 0 Å². The molecule has 1 atom stereocenters. The van der Waals surface area contributed by atoms with Gasteiger partial charge in [0, 0.05) is 55.2 Å². The van der Waals surface area contributed by atoms with E-state index in [2.05, 4.69) is 56.3 Å². The maximum Gasteiger partial charge on any atom is 0.220 e. The lowest BCUT2D eigenvalue weighted by atomic mass is 9.95. The Balaban J connectivity index is 1.88. The summed E-state index contributed by atoms with van der Waals surface area (Å²) < 4.78 is 1.09. The molecular weight excluding hydrogens is 318 g/mol. The summed E-state index contributed by atoms with van der Waals surface area (Å²) in [6, 6.07) is 6.47. The van der Waals surface area contributed by atoms with Crippen molar-refractivity contribution < 1.29 is 4.79 Å². The van der Waals surface area contributed by atoms with Crippen LogP contribution in [0.2, 0.25) is 0 Å². The fourth-order valence-electron chi connectivity index (χ4n) is 3.01. The Kier molecular flexibility index (Phi) is 3.98. The molecule has 2 saturated heterocycles. The topological polar surface area (TPSA) is 35.6 Å². The first-order valence-corrected chi connectivity index (χ1v) is 7.92. The maximum atomic E-state index is 11.5. The molecule has 5 heteroatoms. The molecule has 2 heterocycles. The highest BCUT2D eigenvalue weighted by Gasteiger charge is 2.27. The molecule has 108 valence electrons. The Bertz CT molecular complexity index is 512. The second-order valence-corrected chi connectivity index (χ2v) is 6.61. The fraction of sp³-hybridized carbons (Fsp3) is 0.533. The Morgan fingerprint density at radius 2 is 2.00 bits per heavy atom. The van der Waals surface area contributed by atoms with Crippen LogP contribution in [0.15, 0.2) is 22.7 Å². The highest BCUT2D eigenvalue weighted by Crippen LogP contribution is 2.34.